The Morgan fingerprint density at radius 3 is 2.45 bits per heavy atom. The van der Waals surface area contributed by atoms with Gasteiger partial charge in [0.15, 0.2) is 0 Å². The highest BCUT2D eigenvalue weighted by molar-refractivity contribution is 9.10. The molecule has 0 saturated carbocycles. The largest absolute Gasteiger partial charge is 0.494 e. The molecule has 2 aromatic carbocycles. The summed E-state index contributed by atoms with van der Waals surface area (Å²) < 4.78 is 6.60. The molecule has 2 nitrogen and oxygen atoms in total. The standard InChI is InChI=1S/C17H20BrNO/c1-4-20-15-9-6-13(7-10-15)17(19-3)16-11-14(18)8-5-12(16)2/h5-11,17,19H,4H2,1-3H3. The van der Waals surface area contributed by atoms with Gasteiger partial charge >= 0.3 is 0 Å². The zero-order chi connectivity index (χ0) is 14.5. The van der Waals surface area contributed by atoms with E-state index in [1.165, 1.54) is 16.7 Å². The number of hydrogen-bond acceptors (Lipinski definition) is 2. The summed E-state index contributed by atoms with van der Waals surface area (Å²) in [6.45, 7) is 4.83. The van der Waals surface area contributed by atoms with Gasteiger partial charge in [0.05, 0.1) is 12.6 Å². The Morgan fingerprint density at radius 2 is 1.85 bits per heavy atom. The SMILES string of the molecule is CCOc1ccc(C(NC)c2cc(Br)ccc2C)cc1. The van der Waals surface area contributed by atoms with Crippen LogP contribution in [0.5, 0.6) is 5.75 Å². The van der Waals surface area contributed by atoms with Crippen LogP contribution in [0.15, 0.2) is 46.9 Å². The van der Waals surface area contributed by atoms with Gasteiger partial charge in [0.2, 0.25) is 0 Å². The Labute approximate surface area is 129 Å². The van der Waals surface area contributed by atoms with Gasteiger partial charge in [-0.3, -0.25) is 0 Å². The van der Waals surface area contributed by atoms with Crippen molar-refractivity contribution in [2.45, 2.75) is 19.9 Å². The molecule has 0 bridgehead atoms. The van der Waals surface area contributed by atoms with Crippen molar-refractivity contribution in [2.75, 3.05) is 13.7 Å². The van der Waals surface area contributed by atoms with E-state index in [9.17, 15) is 0 Å². The summed E-state index contributed by atoms with van der Waals surface area (Å²) in [6.07, 6.45) is 0. The van der Waals surface area contributed by atoms with E-state index in [1.54, 1.807) is 0 Å². The minimum absolute atomic E-state index is 0.183. The first kappa shape index (κ1) is 15.1. The Morgan fingerprint density at radius 1 is 1.15 bits per heavy atom. The zero-order valence-corrected chi connectivity index (χ0v) is 13.7. The van der Waals surface area contributed by atoms with Gasteiger partial charge in [0, 0.05) is 4.47 Å². The molecule has 0 radical (unpaired) electrons. The Bertz CT molecular complexity index is 566. The lowest BCUT2D eigenvalue weighted by Gasteiger charge is -2.20. The third kappa shape index (κ3) is 3.41. The van der Waals surface area contributed by atoms with Crippen molar-refractivity contribution in [3.63, 3.8) is 0 Å². The molecular weight excluding hydrogens is 314 g/mol. The van der Waals surface area contributed by atoms with E-state index in [1.807, 2.05) is 26.1 Å². The van der Waals surface area contributed by atoms with Crippen molar-refractivity contribution in [1.29, 1.82) is 0 Å². The maximum Gasteiger partial charge on any atom is 0.119 e. The molecule has 0 fully saturated rings. The van der Waals surface area contributed by atoms with Crippen LogP contribution in [-0.4, -0.2) is 13.7 Å². The van der Waals surface area contributed by atoms with Gasteiger partial charge in [-0.15, -0.1) is 0 Å². The van der Waals surface area contributed by atoms with E-state index in [-0.39, 0.29) is 6.04 Å². The van der Waals surface area contributed by atoms with Gasteiger partial charge in [0.25, 0.3) is 0 Å². The van der Waals surface area contributed by atoms with Gasteiger partial charge in [-0.25, -0.2) is 0 Å². The second-order valence-corrected chi connectivity index (χ2v) is 5.64. The van der Waals surface area contributed by atoms with Gasteiger partial charge in [0.1, 0.15) is 5.75 Å². The summed E-state index contributed by atoms with van der Waals surface area (Å²) >= 11 is 3.55. The Hall–Kier alpha value is -1.32. The fourth-order valence-corrected chi connectivity index (χ4v) is 2.73. The number of halogens is 1. The van der Waals surface area contributed by atoms with E-state index < -0.39 is 0 Å². The molecule has 0 spiro atoms. The molecule has 0 aromatic heterocycles. The highest BCUT2D eigenvalue weighted by Crippen LogP contribution is 2.28. The van der Waals surface area contributed by atoms with E-state index in [4.69, 9.17) is 4.74 Å². The van der Waals surface area contributed by atoms with Crippen molar-refractivity contribution in [1.82, 2.24) is 5.32 Å². The van der Waals surface area contributed by atoms with Gasteiger partial charge in [-0.2, -0.15) is 0 Å². The third-order valence-electron chi connectivity index (χ3n) is 3.37. The van der Waals surface area contributed by atoms with Crippen molar-refractivity contribution >= 4 is 15.9 Å². The quantitative estimate of drug-likeness (QED) is 0.871. The molecule has 0 aliphatic carbocycles. The van der Waals surface area contributed by atoms with E-state index >= 15 is 0 Å². The van der Waals surface area contributed by atoms with Crippen LogP contribution in [0.25, 0.3) is 0 Å². The molecule has 0 heterocycles. The van der Waals surface area contributed by atoms with Crippen molar-refractivity contribution in [3.05, 3.63) is 63.6 Å². The molecule has 0 aliphatic rings. The molecule has 0 amide bonds. The monoisotopic (exact) mass is 333 g/mol. The molecule has 2 rings (SSSR count). The smallest absolute Gasteiger partial charge is 0.119 e. The van der Waals surface area contributed by atoms with Crippen LogP contribution in [0, 0.1) is 6.92 Å². The number of hydrogen-bond donors (Lipinski definition) is 1. The molecule has 0 saturated heterocycles. The first-order chi connectivity index (χ1) is 9.65. The van der Waals surface area contributed by atoms with Crippen LogP contribution in [0.3, 0.4) is 0 Å². The summed E-state index contributed by atoms with van der Waals surface area (Å²) in [7, 11) is 1.99. The van der Waals surface area contributed by atoms with Crippen LogP contribution in [0.1, 0.15) is 29.7 Å². The summed E-state index contributed by atoms with van der Waals surface area (Å²) in [6, 6.07) is 14.9. The summed E-state index contributed by atoms with van der Waals surface area (Å²) in [5, 5.41) is 3.39. The molecule has 20 heavy (non-hydrogen) atoms. The van der Waals surface area contributed by atoms with Crippen molar-refractivity contribution in [2.24, 2.45) is 0 Å². The maximum absolute atomic E-state index is 5.49. The normalized spacial score (nSPS) is 12.2. The molecule has 2 aromatic rings. The number of rotatable bonds is 5. The van der Waals surface area contributed by atoms with Crippen molar-refractivity contribution < 1.29 is 4.74 Å². The molecule has 1 atom stereocenters. The van der Waals surface area contributed by atoms with Gasteiger partial charge in [-0.05, 0) is 61.9 Å². The van der Waals surface area contributed by atoms with E-state index in [2.05, 4.69) is 58.5 Å². The molecule has 0 aliphatic heterocycles. The zero-order valence-electron chi connectivity index (χ0n) is 12.1. The van der Waals surface area contributed by atoms with Crippen LogP contribution in [0.4, 0.5) is 0 Å². The first-order valence-electron chi connectivity index (χ1n) is 6.81. The van der Waals surface area contributed by atoms with Gasteiger partial charge < -0.3 is 10.1 Å². The van der Waals surface area contributed by atoms with Crippen LogP contribution >= 0.6 is 15.9 Å². The summed E-state index contributed by atoms with van der Waals surface area (Å²) in [5.74, 6) is 0.914. The first-order valence-corrected chi connectivity index (χ1v) is 7.61. The maximum atomic E-state index is 5.49. The number of aryl methyl sites for hydroxylation is 1. The van der Waals surface area contributed by atoms with Crippen LogP contribution in [-0.2, 0) is 0 Å². The Kier molecular flexibility index (Phi) is 5.21. The van der Waals surface area contributed by atoms with Crippen LogP contribution < -0.4 is 10.1 Å². The minimum atomic E-state index is 0.183. The predicted octanol–water partition coefficient (Wildman–Crippen LogP) is 4.47. The van der Waals surface area contributed by atoms with Crippen LogP contribution in [0.2, 0.25) is 0 Å². The van der Waals surface area contributed by atoms with Gasteiger partial charge in [-0.1, -0.05) is 34.1 Å². The second kappa shape index (κ2) is 6.91. The second-order valence-electron chi connectivity index (χ2n) is 4.72. The summed E-state index contributed by atoms with van der Waals surface area (Å²) in [5.41, 5.74) is 3.80. The lowest BCUT2D eigenvalue weighted by molar-refractivity contribution is 0.340. The fourth-order valence-electron chi connectivity index (χ4n) is 2.35. The van der Waals surface area contributed by atoms with Crippen molar-refractivity contribution in [3.8, 4) is 5.75 Å². The highest BCUT2D eigenvalue weighted by Gasteiger charge is 2.14. The topological polar surface area (TPSA) is 21.3 Å². The number of benzene rings is 2. The molecule has 1 unspecified atom stereocenters. The lowest BCUT2D eigenvalue weighted by Crippen LogP contribution is -2.18. The number of nitrogens with one attached hydrogen (secondary N) is 1. The molecular formula is C17H20BrNO. The molecule has 106 valence electrons. The highest BCUT2D eigenvalue weighted by atomic mass is 79.9. The Balaban J connectivity index is 2.34. The lowest BCUT2D eigenvalue weighted by atomic mass is 9.95. The fraction of sp³-hybridized carbons (Fsp3) is 0.294. The molecule has 3 heteroatoms. The average molecular weight is 334 g/mol. The predicted molar refractivity (Wildman–Crippen MR) is 87.4 cm³/mol. The minimum Gasteiger partial charge on any atom is -0.494 e. The average Bonchev–Trinajstić information content (AvgIpc) is 2.45. The van der Waals surface area contributed by atoms with E-state index in [0.717, 1.165) is 10.2 Å². The number of ether oxygens (including phenoxy) is 1. The third-order valence-corrected chi connectivity index (χ3v) is 3.86. The summed E-state index contributed by atoms with van der Waals surface area (Å²) in [4.78, 5) is 0. The van der Waals surface area contributed by atoms with E-state index in [0.29, 0.717) is 6.61 Å². The molecule has 1 N–H and O–H groups in total.